The van der Waals surface area contributed by atoms with E-state index in [1.165, 1.54) is 12.1 Å². The maximum atomic E-state index is 12.4. The number of halogens is 3. The van der Waals surface area contributed by atoms with E-state index in [0.29, 0.717) is 5.56 Å². The summed E-state index contributed by atoms with van der Waals surface area (Å²) in [4.78, 5) is 0. The van der Waals surface area contributed by atoms with Crippen LogP contribution in [-0.2, 0) is 6.18 Å². The Balaban J connectivity index is 2.93. The van der Waals surface area contributed by atoms with Crippen molar-refractivity contribution in [2.24, 2.45) is 5.41 Å². The van der Waals surface area contributed by atoms with E-state index in [4.69, 9.17) is 0 Å². The van der Waals surface area contributed by atoms with Crippen LogP contribution in [0.2, 0.25) is 0 Å². The second-order valence-electron chi connectivity index (χ2n) is 4.83. The van der Waals surface area contributed by atoms with Gasteiger partial charge in [-0.3, -0.25) is 0 Å². The molecular weight excluding hydrogens is 237 g/mol. The number of hydrogen-bond donors (Lipinski definition) is 0. The summed E-state index contributed by atoms with van der Waals surface area (Å²) in [5.74, 6) is 10.7. The average molecular weight is 250 g/mol. The highest BCUT2D eigenvalue weighted by molar-refractivity contribution is 5.42. The van der Waals surface area contributed by atoms with E-state index in [0.717, 1.165) is 12.1 Å². The van der Waals surface area contributed by atoms with Crippen LogP contribution in [0.4, 0.5) is 13.2 Å². The first-order chi connectivity index (χ1) is 8.18. The van der Waals surface area contributed by atoms with Crippen LogP contribution in [0, 0.1) is 29.1 Å². The van der Waals surface area contributed by atoms with Gasteiger partial charge < -0.3 is 0 Å². The fourth-order valence-electron chi connectivity index (χ4n) is 1.10. The first-order valence-electron chi connectivity index (χ1n) is 5.39. The number of rotatable bonds is 0. The predicted octanol–water partition coefficient (Wildman–Crippen LogP) is 4.11. The molecule has 0 amide bonds. The van der Waals surface area contributed by atoms with E-state index < -0.39 is 11.7 Å². The van der Waals surface area contributed by atoms with E-state index >= 15 is 0 Å². The summed E-state index contributed by atoms with van der Waals surface area (Å²) in [5.41, 5.74) is -0.547. The van der Waals surface area contributed by atoms with Gasteiger partial charge in [0, 0.05) is 11.0 Å². The van der Waals surface area contributed by atoms with Crippen LogP contribution in [0.3, 0.4) is 0 Å². The molecule has 0 aromatic heterocycles. The Morgan fingerprint density at radius 2 is 1.67 bits per heavy atom. The number of hydrogen-bond acceptors (Lipinski definition) is 0. The maximum Gasteiger partial charge on any atom is 0.416 e. The highest BCUT2D eigenvalue weighted by Gasteiger charge is 2.30. The fraction of sp³-hybridized carbons (Fsp3) is 0.333. The molecule has 0 N–H and O–H groups in total. The lowest BCUT2D eigenvalue weighted by Crippen LogP contribution is -2.04. The third-order valence-electron chi connectivity index (χ3n) is 1.90. The third-order valence-corrected chi connectivity index (χ3v) is 1.90. The monoisotopic (exact) mass is 250 g/mol. The Hall–Kier alpha value is -1.87. The lowest BCUT2D eigenvalue weighted by Gasteiger charge is -2.06. The third kappa shape index (κ3) is 4.97. The van der Waals surface area contributed by atoms with Gasteiger partial charge in [0.25, 0.3) is 0 Å². The minimum Gasteiger partial charge on any atom is -0.166 e. The zero-order chi connectivity index (χ0) is 13.8. The van der Waals surface area contributed by atoms with Crippen molar-refractivity contribution < 1.29 is 13.2 Å². The zero-order valence-electron chi connectivity index (χ0n) is 10.4. The van der Waals surface area contributed by atoms with Crippen LogP contribution >= 0.6 is 0 Å². The SMILES string of the molecule is CC(C)(C)C#CC#Cc1cccc(C(F)(F)F)c1. The van der Waals surface area contributed by atoms with Crippen molar-refractivity contribution in [1.82, 2.24) is 0 Å². The lowest BCUT2D eigenvalue weighted by atomic mass is 9.98. The van der Waals surface area contributed by atoms with Gasteiger partial charge in [0.05, 0.1) is 5.56 Å². The highest BCUT2D eigenvalue weighted by Crippen LogP contribution is 2.29. The molecule has 0 aliphatic carbocycles. The highest BCUT2D eigenvalue weighted by atomic mass is 19.4. The molecular formula is C15H13F3. The molecule has 0 atom stereocenters. The summed E-state index contributed by atoms with van der Waals surface area (Å²) in [6, 6.07) is 4.91. The lowest BCUT2D eigenvalue weighted by molar-refractivity contribution is -0.137. The van der Waals surface area contributed by atoms with Gasteiger partial charge in [0.2, 0.25) is 0 Å². The largest absolute Gasteiger partial charge is 0.416 e. The molecule has 0 fully saturated rings. The Kier molecular flexibility index (Phi) is 4.09. The first-order valence-corrected chi connectivity index (χ1v) is 5.39. The van der Waals surface area contributed by atoms with E-state index in [2.05, 4.69) is 23.7 Å². The van der Waals surface area contributed by atoms with Gasteiger partial charge in [-0.1, -0.05) is 17.9 Å². The molecule has 94 valence electrons. The molecule has 1 rings (SSSR count). The zero-order valence-corrected chi connectivity index (χ0v) is 10.4. The fourth-order valence-corrected chi connectivity index (χ4v) is 1.10. The number of alkyl halides is 3. The summed E-state index contributed by atoms with van der Waals surface area (Å²) >= 11 is 0. The summed E-state index contributed by atoms with van der Waals surface area (Å²) in [7, 11) is 0. The van der Waals surface area contributed by atoms with E-state index in [-0.39, 0.29) is 5.41 Å². The molecule has 0 radical (unpaired) electrons. The van der Waals surface area contributed by atoms with Crippen LogP contribution in [0.5, 0.6) is 0 Å². The van der Waals surface area contributed by atoms with Gasteiger partial charge in [0.15, 0.2) is 0 Å². The van der Waals surface area contributed by atoms with Gasteiger partial charge in [-0.2, -0.15) is 13.2 Å². The van der Waals surface area contributed by atoms with Gasteiger partial charge in [0.1, 0.15) is 0 Å². The standard InChI is InChI=1S/C15H13F3/c1-14(2,3)10-5-4-7-12-8-6-9-13(11-12)15(16,17)18/h6,8-9,11H,1-3H3. The maximum absolute atomic E-state index is 12.4. The van der Waals surface area contributed by atoms with Crippen molar-refractivity contribution in [1.29, 1.82) is 0 Å². The molecule has 0 heterocycles. The second-order valence-corrected chi connectivity index (χ2v) is 4.83. The van der Waals surface area contributed by atoms with Crippen molar-refractivity contribution in [3.8, 4) is 23.7 Å². The minimum absolute atomic E-state index is 0.164. The van der Waals surface area contributed by atoms with Gasteiger partial charge >= 0.3 is 6.18 Å². The average Bonchev–Trinajstić information content (AvgIpc) is 2.22. The Bertz CT molecular complexity index is 537. The molecule has 0 spiro atoms. The van der Waals surface area contributed by atoms with Crippen molar-refractivity contribution >= 4 is 0 Å². The molecule has 1 aromatic rings. The molecule has 0 unspecified atom stereocenters. The summed E-state index contributed by atoms with van der Waals surface area (Å²) in [6.45, 7) is 5.81. The molecule has 18 heavy (non-hydrogen) atoms. The molecule has 1 aromatic carbocycles. The van der Waals surface area contributed by atoms with Gasteiger partial charge in [-0.15, -0.1) is 0 Å². The molecule has 0 aliphatic heterocycles. The summed E-state index contributed by atoms with van der Waals surface area (Å²) in [6.07, 6.45) is -4.34. The van der Waals surface area contributed by atoms with Crippen LogP contribution in [0.15, 0.2) is 24.3 Å². The Morgan fingerprint density at radius 1 is 1.00 bits per heavy atom. The first kappa shape index (κ1) is 14.2. The van der Waals surface area contributed by atoms with Crippen molar-refractivity contribution in [3.63, 3.8) is 0 Å². The van der Waals surface area contributed by atoms with Gasteiger partial charge in [-0.25, -0.2) is 0 Å². The molecule has 0 nitrogen and oxygen atoms in total. The van der Waals surface area contributed by atoms with Crippen molar-refractivity contribution in [3.05, 3.63) is 35.4 Å². The van der Waals surface area contributed by atoms with E-state index in [1.54, 1.807) is 0 Å². The van der Waals surface area contributed by atoms with Crippen LogP contribution in [-0.4, -0.2) is 0 Å². The predicted molar refractivity (Wildman–Crippen MR) is 65.6 cm³/mol. The summed E-state index contributed by atoms with van der Waals surface area (Å²) in [5, 5.41) is 0. The molecule has 0 saturated carbocycles. The molecule has 0 aliphatic rings. The van der Waals surface area contributed by atoms with Crippen LogP contribution in [0.1, 0.15) is 31.9 Å². The Labute approximate surface area is 105 Å². The topological polar surface area (TPSA) is 0 Å². The quantitative estimate of drug-likeness (QED) is 0.608. The second kappa shape index (κ2) is 5.19. The normalized spacial score (nSPS) is 11.0. The van der Waals surface area contributed by atoms with Crippen LogP contribution in [0.25, 0.3) is 0 Å². The molecule has 0 saturated heterocycles. The van der Waals surface area contributed by atoms with E-state index in [9.17, 15) is 13.2 Å². The number of benzene rings is 1. The Morgan fingerprint density at radius 3 is 2.22 bits per heavy atom. The smallest absolute Gasteiger partial charge is 0.166 e. The minimum atomic E-state index is -4.34. The summed E-state index contributed by atoms with van der Waals surface area (Å²) < 4.78 is 37.3. The molecule has 0 bridgehead atoms. The van der Waals surface area contributed by atoms with Crippen molar-refractivity contribution in [2.75, 3.05) is 0 Å². The van der Waals surface area contributed by atoms with Crippen LogP contribution < -0.4 is 0 Å². The molecule has 3 heteroatoms. The van der Waals surface area contributed by atoms with Gasteiger partial charge in [-0.05, 0) is 50.8 Å². The van der Waals surface area contributed by atoms with E-state index in [1.807, 2.05) is 20.8 Å². The van der Waals surface area contributed by atoms with Crippen molar-refractivity contribution in [2.45, 2.75) is 26.9 Å².